The van der Waals surface area contributed by atoms with Gasteiger partial charge in [0.1, 0.15) is 4.90 Å². The number of alkyl halides is 3. The van der Waals surface area contributed by atoms with Crippen molar-refractivity contribution in [1.82, 2.24) is 4.31 Å². The lowest BCUT2D eigenvalue weighted by Gasteiger charge is -2.46. The Bertz CT molecular complexity index is 801. The van der Waals surface area contributed by atoms with E-state index in [1.807, 2.05) is 0 Å². The highest BCUT2D eigenvalue weighted by Crippen LogP contribution is 2.49. The lowest BCUT2D eigenvalue weighted by atomic mass is 9.70. The van der Waals surface area contributed by atoms with Crippen molar-refractivity contribution in [3.8, 4) is 0 Å². The molecule has 0 saturated heterocycles. The van der Waals surface area contributed by atoms with Crippen LogP contribution in [0.4, 0.5) is 23.7 Å². The molecule has 3 rings (SSSR count). The third-order valence-electron chi connectivity index (χ3n) is 4.38. The molecule has 1 saturated carbocycles. The van der Waals surface area contributed by atoms with E-state index in [4.69, 9.17) is 0 Å². The van der Waals surface area contributed by atoms with Crippen LogP contribution < -0.4 is 5.32 Å². The lowest BCUT2D eigenvalue weighted by Crippen LogP contribution is -2.58. The summed E-state index contributed by atoms with van der Waals surface area (Å²) < 4.78 is 63.5. The standard InChI is InChI=1S/C14H15F3N2O4S/c1-8-2-3-11-10(4-8)18-12(20)19(24(11,22)23)7-9-5-13(21,6-9)14(15,16)17/h2-4,9,21H,5-7H2,1H3,(H,18,20). The van der Waals surface area contributed by atoms with Crippen molar-refractivity contribution in [3.05, 3.63) is 23.8 Å². The normalized spacial score (nSPS) is 28.8. The van der Waals surface area contributed by atoms with Gasteiger partial charge in [0.25, 0.3) is 10.0 Å². The van der Waals surface area contributed by atoms with Crippen LogP contribution in [0.15, 0.2) is 23.1 Å². The van der Waals surface area contributed by atoms with Crippen molar-refractivity contribution in [1.29, 1.82) is 0 Å². The van der Waals surface area contributed by atoms with E-state index in [1.54, 1.807) is 13.0 Å². The lowest BCUT2D eigenvalue weighted by molar-refractivity contribution is -0.298. The molecular weight excluding hydrogens is 349 g/mol. The highest BCUT2D eigenvalue weighted by Gasteiger charge is 2.61. The number of aliphatic hydroxyl groups is 1. The molecule has 0 aromatic heterocycles. The highest BCUT2D eigenvalue weighted by atomic mass is 32.2. The predicted octanol–water partition coefficient (Wildman–Crippen LogP) is 2.23. The van der Waals surface area contributed by atoms with Crippen LogP contribution in [0.1, 0.15) is 18.4 Å². The number of aryl methyl sites for hydroxylation is 1. The number of fused-ring (bicyclic) bond motifs is 1. The van der Waals surface area contributed by atoms with Gasteiger partial charge in [-0.2, -0.15) is 13.2 Å². The van der Waals surface area contributed by atoms with Gasteiger partial charge in [-0.25, -0.2) is 17.5 Å². The van der Waals surface area contributed by atoms with Crippen molar-refractivity contribution >= 4 is 21.7 Å². The van der Waals surface area contributed by atoms with Crippen LogP contribution in [0.25, 0.3) is 0 Å². The summed E-state index contributed by atoms with van der Waals surface area (Å²) in [4.78, 5) is 12.0. The summed E-state index contributed by atoms with van der Waals surface area (Å²) in [7, 11) is -4.13. The van der Waals surface area contributed by atoms with E-state index in [1.165, 1.54) is 12.1 Å². The van der Waals surface area contributed by atoms with Gasteiger partial charge in [0.05, 0.1) is 5.69 Å². The number of nitrogens with zero attached hydrogens (tertiary/aromatic N) is 1. The van der Waals surface area contributed by atoms with Crippen LogP contribution in [0.5, 0.6) is 0 Å². The molecule has 2 N–H and O–H groups in total. The van der Waals surface area contributed by atoms with Gasteiger partial charge in [0, 0.05) is 6.54 Å². The summed E-state index contributed by atoms with van der Waals surface area (Å²) >= 11 is 0. The van der Waals surface area contributed by atoms with E-state index < -0.39 is 53.1 Å². The topological polar surface area (TPSA) is 86.7 Å². The average Bonchev–Trinajstić information content (AvgIpc) is 2.39. The number of rotatable bonds is 2. The molecule has 1 aromatic carbocycles. The molecule has 1 aliphatic carbocycles. The third kappa shape index (κ3) is 2.53. The molecule has 1 heterocycles. The van der Waals surface area contributed by atoms with Crippen molar-refractivity contribution in [2.24, 2.45) is 5.92 Å². The van der Waals surface area contributed by atoms with Crippen LogP contribution in [-0.4, -0.2) is 42.2 Å². The molecule has 0 unspecified atom stereocenters. The van der Waals surface area contributed by atoms with Crippen LogP contribution in [-0.2, 0) is 10.0 Å². The number of amides is 2. The van der Waals surface area contributed by atoms with Gasteiger partial charge in [-0.05, 0) is 43.4 Å². The molecule has 0 radical (unpaired) electrons. The Morgan fingerprint density at radius 3 is 2.58 bits per heavy atom. The van der Waals surface area contributed by atoms with E-state index in [0.29, 0.717) is 4.31 Å². The molecule has 0 spiro atoms. The van der Waals surface area contributed by atoms with Crippen LogP contribution in [0.3, 0.4) is 0 Å². The van der Waals surface area contributed by atoms with Crippen molar-refractivity contribution < 1.29 is 31.5 Å². The smallest absolute Gasteiger partial charge is 0.380 e. The van der Waals surface area contributed by atoms with E-state index in [-0.39, 0.29) is 10.6 Å². The highest BCUT2D eigenvalue weighted by molar-refractivity contribution is 7.90. The maximum Gasteiger partial charge on any atom is 0.417 e. The fourth-order valence-corrected chi connectivity index (χ4v) is 4.58. The Labute approximate surface area is 136 Å². The monoisotopic (exact) mass is 364 g/mol. The van der Waals surface area contributed by atoms with Gasteiger partial charge >= 0.3 is 12.2 Å². The molecule has 0 bridgehead atoms. The van der Waals surface area contributed by atoms with E-state index in [9.17, 15) is 31.5 Å². The molecular formula is C14H15F3N2O4S. The summed E-state index contributed by atoms with van der Waals surface area (Å²) in [5.41, 5.74) is -1.90. The minimum atomic E-state index is -4.77. The number of hydrogen-bond donors (Lipinski definition) is 2. The van der Waals surface area contributed by atoms with Crippen LogP contribution in [0.2, 0.25) is 0 Å². The second-order valence-corrected chi connectivity index (χ2v) is 8.10. The third-order valence-corrected chi connectivity index (χ3v) is 6.18. The van der Waals surface area contributed by atoms with Gasteiger partial charge in [-0.3, -0.25) is 0 Å². The number of nitrogens with one attached hydrogen (secondary N) is 1. The molecule has 10 heteroatoms. The summed E-state index contributed by atoms with van der Waals surface area (Å²) in [5.74, 6) is -0.746. The van der Waals surface area contributed by atoms with Crippen molar-refractivity contribution in [2.75, 3.05) is 11.9 Å². The second kappa shape index (κ2) is 5.09. The maximum absolute atomic E-state index is 12.6. The van der Waals surface area contributed by atoms with Crippen molar-refractivity contribution in [3.63, 3.8) is 0 Å². The van der Waals surface area contributed by atoms with Gasteiger partial charge in [-0.1, -0.05) is 6.07 Å². The fourth-order valence-electron chi connectivity index (χ4n) is 3.04. The quantitative estimate of drug-likeness (QED) is 0.843. The molecule has 1 aliphatic heterocycles. The zero-order valence-electron chi connectivity index (χ0n) is 12.6. The number of hydrogen-bond acceptors (Lipinski definition) is 4. The van der Waals surface area contributed by atoms with Gasteiger partial charge in [-0.15, -0.1) is 0 Å². The number of urea groups is 1. The van der Waals surface area contributed by atoms with E-state index >= 15 is 0 Å². The minimum absolute atomic E-state index is 0.0990. The molecule has 6 nitrogen and oxygen atoms in total. The second-order valence-electron chi connectivity index (χ2n) is 6.27. The molecule has 2 amide bonds. The average molecular weight is 364 g/mol. The zero-order chi connectivity index (χ0) is 17.9. The molecule has 1 aromatic rings. The largest absolute Gasteiger partial charge is 0.417 e. The van der Waals surface area contributed by atoms with Crippen LogP contribution >= 0.6 is 0 Å². The molecule has 24 heavy (non-hydrogen) atoms. The van der Waals surface area contributed by atoms with Crippen molar-refractivity contribution in [2.45, 2.75) is 36.4 Å². The zero-order valence-corrected chi connectivity index (χ0v) is 13.4. The Kier molecular flexibility index (Phi) is 3.61. The Hall–Kier alpha value is -1.81. The summed E-state index contributed by atoms with van der Waals surface area (Å²) in [6.07, 6.45) is -6.02. The summed E-state index contributed by atoms with van der Waals surface area (Å²) in [5, 5.41) is 11.9. The SMILES string of the molecule is Cc1ccc2c(c1)NC(=O)N(CC1CC(O)(C(F)(F)F)C1)S2(=O)=O. The van der Waals surface area contributed by atoms with E-state index in [2.05, 4.69) is 5.32 Å². The maximum atomic E-state index is 12.6. The molecule has 0 atom stereocenters. The first-order valence-corrected chi connectivity index (χ1v) is 8.61. The number of carbonyl (C=O) groups excluding carboxylic acids is 1. The number of carbonyl (C=O) groups is 1. The first kappa shape index (κ1) is 17.0. The summed E-state index contributed by atoms with van der Waals surface area (Å²) in [6.45, 7) is 1.33. The van der Waals surface area contributed by atoms with Crippen LogP contribution in [0, 0.1) is 12.8 Å². The molecule has 2 aliphatic rings. The first-order chi connectivity index (χ1) is 10.9. The summed E-state index contributed by atoms with van der Waals surface area (Å²) in [6, 6.07) is 3.51. The predicted molar refractivity (Wildman–Crippen MR) is 77.8 cm³/mol. The fraction of sp³-hybridized carbons (Fsp3) is 0.500. The minimum Gasteiger partial charge on any atom is -0.380 e. The number of halogens is 3. The van der Waals surface area contributed by atoms with Gasteiger partial charge in [0.15, 0.2) is 5.60 Å². The number of sulfonamides is 1. The van der Waals surface area contributed by atoms with E-state index in [0.717, 1.165) is 5.56 Å². The Morgan fingerprint density at radius 1 is 1.38 bits per heavy atom. The Morgan fingerprint density at radius 2 is 2.00 bits per heavy atom. The number of anilines is 1. The molecule has 132 valence electrons. The first-order valence-electron chi connectivity index (χ1n) is 7.17. The Balaban J connectivity index is 1.81. The van der Waals surface area contributed by atoms with Gasteiger partial charge in [0.2, 0.25) is 0 Å². The number of benzene rings is 1. The molecule has 1 fully saturated rings. The van der Waals surface area contributed by atoms with Gasteiger partial charge < -0.3 is 10.4 Å².